The van der Waals surface area contributed by atoms with E-state index < -0.39 is 11.7 Å². The number of fused-ring (bicyclic) bond motifs is 6. The van der Waals surface area contributed by atoms with Gasteiger partial charge in [-0.3, -0.25) is 0 Å². The molecule has 0 amide bonds. The number of halogens is 3. The maximum Gasteiger partial charge on any atom is 0.415 e. The van der Waals surface area contributed by atoms with E-state index in [1.54, 1.807) is 6.07 Å². The van der Waals surface area contributed by atoms with Crippen molar-refractivity contribution in [2.45, 2.75) is 33.9 Å². The fourth-order valence-electron chi connectivity index (χ4n) is 7.70. The Balaban J connectivity index is 1.60. The molecule has 0 aliphatic rings. The molecular formula is C43H29F3N4. The van der Waals surface area contributed by atoms with Crippen LogP contribution in [0.2, 0.25) is 0 Å². The van der Waals surface area contributed by atoms with Crippen molar-refractivity contribution in [3.8, 4) is 28.6 Å². The number of aromatic nitrogens is 2. The van der Waals surface area contributed by atoms with E-state index in [4.69, 9.17) is 6.57 Å². The van der Waals surface area contributed by atoms with E-state index in [1.807, 2.05) is 30.3 Å². The van der Waals surface area contributed by atoms with Crippen LogP contribution in [-0.4, -0.2) is 9.13 Å². The topological polar surface area (TPSA) is 38.0 Å². The number of rotatable bonds is 3. The van der Waals surface area contributed by atoms with E-state index in [-0.39, 0.29) is 16.8 Å². The summed E-state index contributed by atoms with van der Waals surface area (Å²) in [5, 5.41) is 15.0. The van der Waals surface area contributed by atoms with E-state index in [2.05, 4.69) is 96.3 Å². The second kappa shape index (κ2) is 11.1. The molecule has 0 spiro atoms. The monoisotopic (exact) mass is 658 g/mol. The summed E-state index contributed by atoms with van der Waals surface area (Å²) in [5.74, 6) is 0. The highest BCUT2D eigenvalue weighted by atomic mass is 19.4. The quantitative estimate of drug-likeness (QED) is 0.174. The van der Waals surface area contributed by atoms with Gasteiger partial charge in [-0.1, -0.05) is 48.5 Å². The maximum atomic E-state index is 14.1. The normalized spacial score (nSPS) is 11.9. The number of benzene rings is 6. The fourth-order valence-corrected chi connectivity index (χ4v) is 7.70. The van der Waals surface area contributed by atoms with Crippen LogP contribution in [0.15, 0.2) is 103 Å². The Morgan fingerprint density at radius 1 is 0.600 bits per heavy atom. The summed E-state index contributed by atoms with van der Waals surface area (Å²) in [6, 6.07) is 33.9. The summed E-state index contributed by atoms with van der Waals surface area (Å²) < 4.78 is 46.8. The first-order valence-corrected chi connectivity index (χ1v) is 16.2. The zero-order valence-corrected chi connectivity index (χ0v) is 27.7. The third-order valence-corrected chi connectivity index (χ3v) is 9.87. The highest BCUT2D eigenvalue weighted by Crippen LogP contribution is 2.44. The molecule has 0 aliphatic carbocycles. The van der Waals surface area contributed by atoms with Crippen LogP contribution in [0, 0.1) is 45.6 Å². The van der Waals surface area contributed by atoms with Gasteiger partial charge in [0, 0.05) is 32.7 Å². The van der Waals surface area contributed by atoms with Gasteiger partial charge in [0.15, 0.2) is 5.69 Å². The molecule has 0 saturated heterocycles. The van der Waals surface area contributed by atoms with Gasteiger partial charge in [-0.05, 0) is 110 Å². The highest BCUT2D eigenvalue weighted by Gasteiger charge is 2.32. The van der Waals surface area contributed by atoms with Gasteiger partial charge < -0.3 is 9.13 Å². The molecule has 0 saturated carbocycles. The van der Waals surface area contributed by atoms with Gasteiger partial charge in [0.05, 0.1) is 51.6 Å². The zero-order valence-electron chi connectivity index (χ0n) is 27.7. The molecule has 0 aliphatic heterocycles. The van der Waals surface area contributed by atoms with Gasteiger partial charge in [0.25, 0.3) is 0 Å². The zero-order chi connectivity index (χ0) is 35.1. The summed E-state index contributed by atoms with van der Waals surface area (Å²) in [6.45, 7) is 15.9. The summed E-state index contributed by atoms with van der Waals surface area (Å²) in [4.78, 5) is 3.36. The average molecular weight is 659 g/mol. The first kappa shape index (κ1) is 31.0. The average Bonchev–Trinajstić information content (AvgIpc) is 3.63. The van der Waals surface area contributed by atoms with Crippen LogP contribution < -0.4 is 0 Å². The van der Waals surface area contributed by atoms with E-state index in [1.165, 1.54) is 6.07 Å². The summed E-state index contributed by atoms with van der Waals surface area (Å²) in [7, 11) is 0. The van der Waals surface area contributed by atoms with Crippen LogP contribution in [0.1, 0.15) is 33.4 Å². The fraction of sp³-hybridized carbons (Fsp3) is 0.116. The summed E-state index contributed by atoms with van der Waals surface area (Å²) in [5.41, 5.74) is 9.16. The number of hydrogen-bond donors (Lipinski definition) is 0. The maximum absolute atomic E-state index is 14.1. The predicted octanol–water partition coefficient (Wildman–Crippen LogP) is 12.2. The predicted molar refractivity (Wildman–Crippen MR) is 195 cm³/mol. The van der Waals surface area contributed by atoms with E-state index >= 15 is 0 Å². The molecule has 8 aromatic rings. The molecule has 0 unspecified atom stereocenters. The lowest BCUT2D eigenvalue weighted by atomic mass is 9.96. The Labute approximate surface area is 286 Å². The molecule has 2 aromatic heterocycles. The van der Waals surface area contributed by atoms with Crippen molar-refractivity contribution in [2.75, 3.05) is 0 Å². The van der Waals surface area contributed by atoms with Crippen molar-refractivity contribution in [1.82, 2.24) is 9.13 Å². The molecular weight excluding hydrogens is 629 g/mol. The van der Waals surface area contributed by atoms with Gasteiger partial charge in [0.2, 0.25) is 0 Å². The first-order chi connectivity index (χ1) is 24.0. The Morgan fingerprint density at radius 3 is 1.40 bits per heavy atom. The van der Waals surface area contributed by atoms with Gasteiger partial charge in [-0.15, -0.1) is 0 Å². The van der Waals surface area contributed by atoms with Crippen molar-refractivity contribution >= 4 is 49.3 Å². The molecule has 50 heavy (non-hydrogen) atoms. The molecule has 2 heterocycles. The van der Waals surface area contributed by atoms with Gasteiger partial charge >= 0.3 is 6.18 Å². The van der Waals surface area contributed by atoms with Crippen molar-refractivity contribution < 1.29 is 13.2 Å². The Hall–Kier alpha value is -6.31. The Kier molecular flexibility index (Phi) is 6.89. The summed E-state index contributed by atoms with van der Waals surface area (Å²) in [6.07, 6.45) is -4.67. The minimum Gasteiger partial charge on any atom is -0.307 e. The Morgan fingerprint density at radius 2 is 1.02 bits per heavy atom. The molecule has 7 heteroatoms. The molecule has 0 bridgehead atoms. The third-order valence-electron chi connectivity index (χ3n) is 9.87. The van der Waals surface area contributed by atoms with Crippen LogP contribution >= 0.6 is 0 Å². The van der Waals surface area contributed by atoms with Gasteiger partial charge in [-0.25, -0.2) is 4.85 Å². The van der Waals surface area contributed by atoms with Crippen LogP contribution in [0.3, 0.4) is 0 Å². The third kappa shape index (κ3) is 4.51. The van der Waals surface area contributed by atoms with Crippen molar-refractivity contribution in [3.05, 3.63) is 148 Å². The number of nitrogens with zero attached hydrogens (tertiary/aromatic N) is 4. The molecule has 0 fully saturated rings. The van der Waals surface area contributed by atoms with Crippen LogP contribution in [-0.2, 0) is 6.18 Å². The van der Waals surface area contributed by atoms with Crippen LogP contribution in [0.25, 0.3) is 71.0 Å². The van der Waals surface area contributed by atoms with E-state index in [0.717, 1.165) is 78.0 Å². The molecule has 0 radical (unpaired) electrons. The lowest BCUT2D eigenvalue weighted by Gasteiger charge is -2.20. The first-order valence-electron chi connectivity index (χ1n) is 16.2. The minimum absolute atomic E-state index is 0.150. The second-order valence-electron chi connectivity index (χ2n) is 12.9. The van der Waals surface area contributed by atoms with Gasteiger partial charge in [-0.2, -0.15) is 18.4 Å². The molecule has 242 valence electrons. The van der Waals surface area contributed by atoms with Crippen LogP contribution in [0.5, 0.6) is 0 Å². The standard InChI is InChI=1S/C43H29F3N4/c1-24-10-6-14-33-39(24)40-25(2)11-7-15-34(40)49(33)37-20-29(23-47)32(28-18-30(43(44,45)46)21-31(19-28)48-5)22-38(37)50-35-16-8-12-26(3)41(35)42-27(4)13-9-17-36(42)50/h6-22H,1-4H3. The summed E-state index contributed by atoms with van der Waals surface area (Å²) >= 11 is 0. The number of nitriles is 1. The van der Waals surface area contributed by atoms with E-state index in [9.17, 15) is 18.4 Å². The second-order valence-corrected chi connectivity index (χ2v) is 12.9. The SMILES string of the molecule is [C-]#[N+]c1cc(-c2cc(-n3c4cccc(C)c4c4c(C)cccc43)c(-n3c4cccc(C)c4c4c(C)cccc43)cc2C#N)cc(C(F)(F)F)c1. The smallest absolute Gasteiger partial charge is 0.307 e. The van der Waals surface area contributed by atoms with Gasteiger partial charge in [0.1, 0.15) is 0 Å². The molecule has 8 rings (SSSR count). The molecule has 6 aromatic carbocycles. The van der Waals surface area contributed by atoms with Crippen LogP contribution in [0.4, 0.5) is 18.9 Å². The molecule has 4 nitrogen and oxygen atoms in total. The lowest BCUT2D eigenvalue weighted by Crippen LogP contribution is -2.07. The lowest BCUT2D eigenvalue weighted by molar-refractivity contribution is -0.137. The number of alkyl halides is 3. The molecule has 0 atom stereocenters. The van der Waals surface area contributed by atoms with Crippen molar-refractivity contribution in [3.63, 3.8) is 0 Å². The van der Waals surface area contributed by atoms with Crippen molar-refractivity contribution in [1.29, 1.82) is 5.26 Å². The number of hydrogen-bond acceptors (Lipinski definition) is 1. The number of aryl methyl sites for hydroxylation is 4. The van der Waals surface area contributed by atoms with Crippen molar-refractivity contribution in [2.24, 2.45) is 0 Å². The minimum atomic E-state index is -4.67. The largest absolute Gasteiger partial charge is 0.415 e. The molecule has 0 N–H and O–H groups in total. The van der Waals surface area contributed by atoms with E-state index in [0.29, 0.717) is 16.9 Å². The highest BCUT2D eigenvalue weighted by molar-refractivity contribution is 6.14. The Bertz CT molecular complexity index is 2700.